The van der Waals surface area contributed by atoms with Gasteiger partial charge in [-0.25, -0.2) is 0 Å². The molecule has 2 fully saturated rings. The van der Waals surface area contributed by atoms with Crippen molar-refractivity contribution in [1.82, 2.24) is 15.1 Å². The van der Waals surface area contributed by atoms with Gasteiger partial charge in [-0.05, 0) is 30.9 Å². The number of nitrogens with one attached hydrogen (secondary N) is 1. The van der Waals surface area contributed by atoms with Gasteiger partial charge >= 0.3 is 0 Å². The number of carbonyl (C=O) groups is 2. The van der Waals surface area contributed by atoms with Crippen molar-refractivity contribution >= 4 is 11.8 Å². The van der Waals surface area contributed by atoms with E-state index < -0.39 is 0 Å². The molecular weight excluding hydrogens is 342 g/mol. The zero-order valence-corrected chi connectivity index (χ0v) is 16.3. The topological polar surface area (TPSA) is 61.9 Å². The smallest absolute Gasteiger partial charge is 0.226 e. The largest absolute Gasteiger partial charge is 0.379 e. The standard InChI is InChI=1S/C21H31N3O3/c1-17-4-2-3-5-19(17)16-20(25)24-9-6-18(7-10-24)21(26)22-8-11-23-12-14-27-15-13-23/h2-5,18H,6-16H2,1H3,(H,22,26). The molecular formula is C21H31N3O3. The highest BCUT2D eigenvalue weighted by atomic mass is 16.5. The summed E-state index contributed by atoms with van der Waals surface area (Å²) in [6.07, 6.45) is 1.95. The first kappa shape index (κ1) is 19.8. The van der Waals surface area contributed by atoms with Gasteiger partial charge in [-0.15, -0.1) is 0 Å². The zero-order valence-electron chi connectivity index (χ0n) is 16.3. The summed E-state index contributed by atoms with van der Waals surface area (Å²) in [7, 11) is 0. The van der Waals surface area contributed by atoms with E-state index in [4.69, 9.17) is 4.74 Å². The molecule has 1 aromatic rings. The Morgan fingerprint density at radius 2 is 1.81 bits per heavy atom. The number of rotatable bonds is 6. The van der Waals surface area contributed by atoms with Crippen LogP contribution in [0.4, 0.5) is 0 Å². The minimum absolute atomic E-state index is 0.0252. The molecule has 1 aromatic carbocycles. The van der Waals surface area contributed by atoms with E-state index in [1.165, 1.54) is 0 Å². The van der Waals surface area contributed by atoms with E-state index in [9.17, 15) is 9.59 Å². The lowest BCUT2D eigenvalue weighted by Crippen LogP contribution is -2.45. The van der Waals surface area contributed by atoms with Gasteiger partial charge in [0.2, 0.25) is 11.8 Å². The van der Waals surface area contributed by atoms with E-state index >= 15 is 0 Å². The van der Waals surface area contributed by atoms with Crippen LogP contribution in [0.2, 0.25) is 0 Å². The first-order chi connectivity index (χ1) is 13.1. The lowest BCUT2D eigenvalue weighted by molar-refractivity contribution is -0.135. The SMILES string of the molecule is Cc1ccccc1CC(=O)N1CCC(C(=O)NCCN2CCOCC2)CC1. The van der Waals surface area contributed by atoms with Crippen LogP contribution in [-0.2, 0) is 20.7 Å². The molecule has 0 radical (unpaired) electrons. The minimum Gasteiger partial charge on any atom is -0.379 e. The number of amides is 2. The highest BCUT2D eigenvalue weighted by molar-refractivity contribution is 5.81. The van der Waals surface area contributed by atoms with Crippen molar-refractivity contribution in [3.8, 4) is 0 Å². The Hall–Kier alpha value is -1.92. The normalized spacial score (nSPS) is 19.1. The molecule has 3 rings (SSSR count). The monoisotopic (exact) mass is 373 g/mol. The van der Waals surface area contributed by atoms with Crippen LogP contribution in [0.3, 0.4) is 0 Å². The van der Waals surface area contributed by atoms with Gasteiger partial charge in [-0.2, -0.15) is 0 Å². The Kier molecular flexibility index (Phi) is 7.24. The molecule has 0 spiro atoms. The number of carbonyl (C=O) groups excluding carboxylic acids is 2. The van der Waals surface area contributed by atoms with Gasteiger partial charge < -0.3 is 15.0 Å². The van der Waals surface area contributed by atoms with Gasteiger partial charge in [0.05, 0.1) is 19.6 Å². The van der Waals surface area contributed by atoms with Crippen LogP contribution in [0.5, 0.6) is 0 Å². The van der Waals surface area contributed by atoms with Crippen LogP contribution in [0, 0.1) is 12.8 Å². The molecule has 2 aliphatic heterocycles. The fourth-order valence-corrected chi connectivity index (χ4v) is 3.78. The number of aryl methyl sites for hydroxylation is 1. The van der Waals surface area contributed by atoms with E-state index in [2.05, 4.69) is 10.2 Å². The van der Waals surface area contributed by atoms with Gasteiger partial charge in [-0.3, -0.25) is 14.5 Å². The Morgan fingerprint density at radius 1 is 1.11 bits per heavy atom. The minimum atomic E-state index is 0.0252. The summed E-state index contributed by atoms with van der Waals surface area (Å²) in [5.74, 6) is 0.321. The number of ether oxygens (including phenoxy) is 1. The van der Waals surface area contributed by atoms with Crippen molar-refractivity contribution in [2.24, 2.45) is 5.92 Å². The van der Waals surface area contributed by atoms with Crippen LogP contribution in [0.15, 0.2) is 24.3 Å². The quantitative estimate of drug-likeness (QED) is 0.815. The Balaban J connectivity index is 1.37. The van der Waals surface area contributed by atoms with Gasteiger partial charge in [0, 0.05) is 45.2 Å². The average molecular weight is 373 g/mol. The maximum atomic E-state index is 12.6. The number of likely N-dealkylation sites (tertiary alicyclic amines) is 1. The molecule has 1 N–H and O–H groups in total. The number of hydrogen-bond acceptors (Lipinski definition) is 4. The number of benzene rings is 1. The maximum absolute atomic E-state index is 12.6. The van der Waals surface area contributed by atoms with Crippen LogP contribution < -0.4 is 5.32 Å². The molecule has 2 heterocycles. The molecule has 0 unspecified atom stereocenters. The second-order valence-corrected chi connectivity index (χ2v) is 7.50. The molecule has 0 saturated carbocycles. The van der Waals surface area contributed by atoms with Gasteiger partial charge in [0.25, 0.3) is 0 Å². The second kappa shape index (κ2) is 9.85. The summed E-state index contributed by atoms with van der Waals surface area (Å²) in [6, 6.07) is 8.02. The molecule has 2 saturated heterocycles. The fourth-order valence-electron chi connectivity index (χ4n) is 3.78. The Labute approximate surface area is 161 Å². The van der Waals surface area contributed by atoms with E-state index in [0.717, 1.165) is 56.8 Å². The van der Waals surface area contributed by atoms with E-state index in [1.807, 2.05) is 36.1 Å². The van der Waals surface area contributed by atoms with Crippen molar-refractivity contribution < 1.29 is 14.3 Å². The Morgan fingerprint density at radius 3 is 2.52 bits per heavy atom. The molecule has 2 aliphatic rings. The predicted molar refractivity (Wildman–Crippen MR) is 104 cm³/mol. The fraction of sp³-hybridized carbons (Fsp3) is 0.619. The van der Waals surface area contributed by atoms with E-state index in [-0.39, 0.29) is 17.7 Å². The van der Waals surface area contributed by atoms with Crippen molar-refractivity contribution in [1.29, 1.82) is 0 Å². The second-order valence-electron chi connectivity index (χ2n) is 7.50. The third kappa shape index (κ3) is 5.78. The lowest BCUT2D eigenvalue weighted by Gasteiger charge is -2.32. The summed E-state index contributed by atoms with van der Waals surface area (Å²) in [4.78, 5) is 29.2. The molecule has 0 bridgehead atoms. The predicted octanol–water partition coefficient (Wildman–Crippen LogP) is 1.22. The van der Waals surface area contributed by atoms with E-state index in [0.29, 0.717) is 26.1 Å². The van der Waals surface area contributed by atoms with Crippen LogP contribution in [0.1, 0.15) is 24.0 Å². The summed E-state index contributed by atoms with van der Waals surface area (Å²) >= 11 is 0. The Bertz CT molecular complexity index is 635. The molecule has 2 amide bonds. The third-order valence-corrected chi connectivity index (χ3v) is 5.65. The summed E-state index contributed by atoms with van der Waals surface area (Å²) in [5, 5.41) is 3.07. The molecule has 0 aliphatic carbocycles. The van der Waals surface area contributed by atoms with Crippen LogP contribution in [0.25, 0.3) is 0 Å². The maximum Gasteiger partial charge on any atom is 0.226 e. The molecule has 0 aromatic heterocycles. The first-order valence-corrected chi connectivity index (χ1v) is 10.0. The molecule has 6 heteroatoms. The molecule has 27 heavy (non-hydrogen) atoms. The molecule has 148 valence electrons. The van der Waals surface area contributed by atoms with Gasteiger partial charge in [-0.1, -0.05) is 24.3 Å². The van der Waals surface area contributed by atoms with Gasteiger partial charge in [0.15, 0.2) is 0 Å². The van der Waals surface area contributed by atoms with Crippen molar-refractivity contribution in [3.05, 3.63) is 35.4 Å². The first-order valence-electron chi connectivity index (χ1n) is 10.0. The van der Waals surface area contributed by atoms with E-state index in [1.54, 1.807) is 0 Å². The summed E-state index contributed by atoms with van der Waals surface area (Å²) < 4.78 is 5.33. The summed E-state index contributed by atoms with van der Waals surface area (Å²) in [5.41, 5.74) is 2.24. The number of morpholine rings is 1. The number of piperidine rings is 1. The molecule has 6 nitrogen and oxygen atoms in total. The van der Waals surface area contributed by atoms with Crippen molar-refractivity contribution in [2.75, 3.05) is 52.5 Å². The third-order valence-electron chi connectivity index (χ3n) is 5.65. The lowest BCUT2D eigenvalue weighted by atomic mass is 9.95. The zero-order chi connectivity index (χ0) is 19.1. The van der Waals surface area contributed by atoms with Crippen LogP contribution in [-0.4, -0.2) is 74.1 Å². The summed E-state index contributed by atoms with van der Waals surface area (Å²) in [6.45, 7) is 8.39. The molecule has 0 atom stereocenters. The highest BCUT2D eigenvalue weighted by Crippen LogP contribution is 2.19. The van der Waals surface area contributed by atoms with Crippen LogP contribution >= 0.6 is 0 Å². The number of hydrogen-bond donors (Lipinski definition) is 1. The van der Waals surface area contributed by atoms with Crippen molar-refractivity contribution in [3.63, 3.8) is 0 Å². The number of nitrogens with zero attached hydrogens (tertiary/aromatic N) is 2. The van der Waals surface area contributed by atoms with Gasteiger partial charge in [0.1, 0.15) is 0 Å². The average Bonchev–Trinajstić information content (AvgIpc) is 2.70. The highest BCUT2D eigenvalue weighted by Gasteiger charge is 2.27. The van der Waals surface area contributed by atoms with Crippen molar-refractivity contribution in [2.45, 2.75) is 26.2 Å².